The molecule has 0 bridgehead atoms. The molecule has 0 spiro atoms. The maximum atomic E-state index is 12.3. The van der Waals surface area contributed by atoms with E-state index >= 15 is 0 Å². The molecule has 2 aromatic carbocycles. The Balaban J connectivity index is 2.30. The van der Waals surface area contributed by atoms with Crippen molar-refractivity contribution in [2.45, 2.75) is 13.8 Å². The normalized spacial score (nSPS) is 12.8. The predicted molar refractivity (Wildman–Crippen MR) is 82.1 cm³/mol. The van der Waals surface area contributed by atoms with Gasteiger partial charge in [-0.1, -0.05) is 6.07 Å². The highest BCUT2D eigenvalue weighted by atomic mass is 16.6. The average molecular weight is 312 g/mol. The molecule has 116 valence electrons. The fraction of sp³-hybridized carbons (Fsp3) is 0.125. The third-order valence-electron chi connectivity index (χ3n) is 3.52. The molecule has 0 aliphatic carbocycles. The first kappa shape index (κ1) is 14.7. The van der Waals surface area contributed by atoms with E-state index in [4.69, 9.17) is 4.74 Å². The van der Waals surface area contributed by atoms with Crippen molar-refractivity contribution in [3.8, 4) is 5.75 Å². The lowest BCUT2D eigenvalue weighted by Gasteiger charge is -2.21. The molecule has 2 aromatic rings. The number of ether oxygens (including phenoxy) is 1. The van der Waals surface area contributed by atoms with E-state index in [1.54, 1.807) is 18.2 Å². The molecule has 1 amide bonds. The number of carbonyl (C=O) groups is 2. The molecule has 23 heavy (non-hydrogen) atoms. The summed E-state index contributed by atoms with van der Waals surface area (Å²) in [5, 5.41) is 10.9. The number of fused-ring (bicyclic) bond motifs is 2. The summed E-state index contributed by atoms with van der Waals surface area (Å²) in [4.78, 5) is 36.1. The number of hydrogen-bond acceptors (Lipinski definition) is 5. The standard InChI is InChI=1S/C16H12N2O5/c1-9-3-6-15-14(7-9)17(10(2)19)13-5-4-11(18(21)22)8-12(13)16(20)23-15/h3-8H,1-2H3. The minimum absolute atomic E-state index is 0.0248. The van der Waals surface area contributed by atoms with Crippen LogP contribution in [0.1, 0.15) is 22.8 Å². The van der Waals surface area contributed by atoms with Gasteiger partial charge in [0, 0.05) is 19.1 Å². The number of nitrogens with zero attached hydrogens (tertiary/aromatic N) is 2. The molecule has 1 aliphatic heterocycles. The van der Waals surface area contributed by atoms with Gasteiger partial charge in [-0.05, 0) is 30.7 Å². The van der Waals surface area contributed by atoms with Crippen LogP contribution >= 0.6 is 0 Å². The summed E-state index contributed by atoms with van der Waals surface area (Å²) in [6, 6.07) is 8.82. The minimum atomic E-state index is -0.738. The van der Waals surface area contributed by atoms with Gasteiger partial charge in [-0.3, -0.25) is 19.8 Å². The summed E-state index contributed by atoms with van der Waals surface area (Å²) >= 11 is 0. The van der Waals surface area contributed by atoms with E-state index < -0.39 is 10.9 Å². The predicted octanol–water partition coefficient (Wildman–Crippen LogP) is 3.12. The molecule has 7 nitrogen and oxygen atoms in total. The van der Waals surface area contributed by atoms with Gasteiger partial charge in [-0.2, -0.15) is 0 Å². The number of esters is 1. The smallest absolute Gasteiger partial charge is 0.346 e. The van der Waals surface area contributed by atoms with E-state index in [0.29, 0.717) is 5.69 Å². The van der Waals surface area contributed by atoms with Crippen molar-refractivity contribution < 1.29 is 19.2 Å². The number of amides is 1. The van der Waals surface area contributed by atoms with E-state index in [1.807, 2.05) is 6.92 Å². The van der Waals surface area contributed by atoms with Crippen molar-refractivity contribution in [1.29, 1.82) is 0 Å². The van der Waals surface area contributed by atoms with Crippen LogP contribution in [0.2, 0.25) is 0 Å². The number of anilines is 2. The monoisotopic (exact) mass is 312 g/mol. The molecular weight excluding hydrogens is 300 g/mol. The Morgan fingerprint density at radius 2 is 1.91 bits per heavy atom. The molecule has 0 radical (unpaired) electrons. The first-order valence-corrected chi connectivity index (χ1v) is 6.80. The first-order valence-electron chi connectivity index (χ1n) is 6.80. The topological polar surface area (TPSA) is 89.8 Å². The zero-order chi connectivity index (χ0) is 16.7. The molecule has 0 saturated heterocycles. The largest absolute Gasteiger partial charge is 0.421 e. The average Bonchev–Trinajstić information content (AvgIpc) is 2.60. The van der Waals surface area contributed by atoms with Crippen molar-refractivity contribution in [2.75, 3.05) is 4.90 Å². The van der Waals surface area contributed by atoms with Gasteiger partial charge in [0.15, 0.2) is 5.75 Å². The molecule has 0 unspecified atom stereocenters. The number of benzene rings is 2. The van der Waals surface area contributed by atoms with Crippen LogP contribution in [0.4, 0.5) is 17.1 Å². The highest BCUT2D eigenvalue weighted by molar-refractivity contribution is 6.10. The summed E-state index contributed by atoms with van der Waals surface area (Å²) in [6.45, 7) is 3.20. The fourth-order valence-corrected chi connectivity index (χ4v) is 2.51. The highest BCUT2D eigenvalue weighted by Crippen LogP contribution is 2.41. The van der Waals surface area contributed by atoms with Crippen LogP contribution < -0.4 is 9.64 Å². The van der Waals surface area contributed by atoms with E-state index in [2.05, 4.69) is 0 Å². The Bertz CT molecular complexity index is 860. The van der Waals surface area contributed by atoms with Gasteiger partial charge in [0.25, 0.3) is 5.69 Å². The second-order valence-electron chi connectivity index (χ2n) is 5.17. The van der Waals surface area contributed by atoms with Crippen LogP contribution in [0.5, 0.6) is 5.75 Å². The molecule has 0 N–H and O–H groups in total. The number of hydrogen-bond donors (Lipinski definition) is 0. The number of nitro groups is 1. The molecule has 1 heterocycles. The van der Waals surface area contributed by atoms with Crippen molar-refractivity contribution in [3.05, 3.63) is 57.6 Å². The highest BCUT2D eigenvalue weighted by Gasteiger charge is 2.30. The summed E-state index contributed by atoms with van der Waals surface area (Å²) in [5.74, 6) is -0.836. The van der Waals surface area contributed by atoms with Crippen LogP contribution in [0.3, 0.4) is 0 Å². The Kier molecular flexibility index (Phi) is 3.33. The number of rotatable bonds is 1. The van der Waals surface area contributed by atoms with Gasteiger partial charge in [-0.15, -0.1) is 0 Å². The summed E-state index contributed by atoms with van der Waals surface area (Å²) in [7, 11) is 0. The minimum Gasteiger partial charge on any atom is -0.421 e. The van der Waals surface area contributed by atoms with Gasteiger partial charge in [0.05, 0.1) is 21.9 Å². The zero-order valence-corrected chi connectivity index (χ0v) is 12.4. The Labute approximate surface area is 131 Å². The SMILES string of the molecule is CC(=O)N1c2cc(C)ccc2OC(=O)c2cc([N+](=O)[O-])ccc21. The van der Waals surface area contributed by atoms with Crippen molar-refractivity contribution in [3.63, 3.8) is 0 Å². The Hall–Kier alpha value is -3.22. The van der Waals surface area contributed by atoms with E-state index in [1.165, 1.54) is 24.0 Å². The third-order valence-corrected chi connectivity index (χ3v) is 3.52. The van der Waals surface area contributed by atoms with Crippen molar-refractivity contribution >= 4 is 28.9 Å². The van der Waals surface area contributed by atoms with Gasteiger partial charge >= 0.3 is 5.97 Å². The quantitative estimate of drug-likeness (QED) is 0.349. The van der Waals surface area contributed by atoms with E-state index in [-0.39, 0.29) is 28.6 Å². The van der Waals surface area contributed by atoms with Gasteiger partial charge in [-0.25, -0.2) is 4.79 Å². The third kappa shape index (κ3) is 2.42. The maximum Gasteiger partial charge on any atom is 0.346 e. The molecular formula is C16H12N2O5. The van der Waals surface area contributed by atoms with Crippen LogP contribution in [0, 0.1) is 17.0 Å². The Morgan fingerprint density at radius 1 is 1.17 bits per heavy atom. The van der Waals surface area contributed by atoms with E-state index in [9.17, 15) is 19.7 Å². The summed E-state index contributed by atoms with van der Waals surface area (Å²) in [5.41, 5.74) is 1.31. The molecule has 0 saturated carbocycles. The Morgan fingerprint density at radius 3 is 2.57 bits per heavy atom. The number of carbonyl (C=O) groups excluding carboxylic acids is 2. The van der Waals surface area contributed by atoms with Gasteiger partial charge in [0.1, 0.15) is 0 Å². The number of nitro benzene ring substituents is 1. The van der Waals surface area contributed by atoms with Crippen LogP contribution in [-0.4, -0.2) is 16.8 Å². The van der Waals surface area contributed by atoms with Gasteiger partial charge in [0.2, 0.25) is 5.91 Å². The lowest BCUT2D eigenvalue weighted by Crippen LogP contribution is -2.23. The molecule has 0 fully saturated rings. The molecule has 0 atom stereocenters. The van der Waals surface area contributed by atoms with E-state index in [0.717, 1.165) is 11.6 Å². The fourth-order valence-electron chi connectivity index (χ4n) is 2.51. The molecule has 1 aliphatic rings. The maximum absolute atomic E-state index is 12.3. The molecule has 7 heteroatoms. The first-order chi connectivity index (χ1) is 10.9. The zero-order valence-electron chi connectivity index (χ0n) is 12.4. The van der Waals surface area contributed by atoms with Crippen molar-refractivity contribution in [2.24, 2.45) is 0 Å². The molecule has 0 aromatic heterocycles. The van der Waals surface area contributed by atoms with Crippen LogP contribution in [0.15, 0.2) is 36.4 Å². The van der Waals surface area contributed by atoms with Crippen LogP contribution in [-0.2, 0) is 4.79 Å². The lowest BCUT2D eigenvalue weighted by molar-refractivity contribution is -0.384. The van der Waals surface area contributed by atoms with Gasteiger partial charge < -0.3 is 4.74 Å². The van der Waals surface area contributed by atoms with Crippen molar-refractivity contribution in [1.82, 2.24) is 0 Å². The van der Waals surface area contributed by atoms with Crippen LogP contribution in [0.25, 0.3) is 0 Å². The summed E-state index contributed by atoms with van der Waals surface area (Å²) < 4.78 is 5.30. The summed E-state index contributed by atoms with van der Waals surface area (Å²) in [6.07, 6.45) is 0. The second kappa shape index (κ2) is 5.20. The molecule has 3 rings (SSSR count). The number of aryl methyl sites for hydroxylation is 1. The lowest BCUT2D eigenvalue weighted by atomic mass is 10.1. The second-order valence-corrected chi connectivity index (χ2v) is 5.17. The number of non-ortho nitro benzene ring substituents is 1.